The van der Waals surface area contributed by atoms with Crippen molar-refractivity contribution in [3.05, 3.63) is 0 Å². The molecule has 17 heavy (non-hydrogen) atoms. The predicted octanol–water partition coefficient (Wildman–Crippen LogP) is 0.915. The van der Waals surface area contributed by atoms with Gasteiger partial charge in [-0.25, -0.2) is 0 Å². The molecule has 2 unspecified atom stereocenters. The van der Waals surface area contributed by atoms with Gasteiger partial charge in [0.1, 0.15) is 12.1 Å². The lowest BCUT2D eigenvalue weighted by atomic mass is 10.0. The van der Waals surface area contributed by atoms with E-state index in [1.165, 1.54) is 0 Å². The summed E-state index contributed by atoms with van der Waals surface area (Å²) in [6.07, 6.45) is 7.90. The lowest BCUT2D eigenvalue weighted by Crippen LogP contribution is -2.63. The molecule has 94 valence electrons. The van der Waals surface area contributed by atoms with Crippen LogP contribution in [-0.4, -0.2) is 35.3 Å². The number of rotatable bonds is 5. The van der Waals surface area contributed by atoms with Crippen molar-refractivity contribution >= 4 is 11.8 Å². The minimum absolute atomic E-state index is 0.00792. The molecule has 2 atom stereocenters. The number of amides is 2. The maximum absolute atomic E-state index is 12.2. The number of piperazine rings is 1. The van der Waals surface area contributed by atoms with E-state index in [0.717, 1.165) is 6.42 Å². The first-order chi connectivity index (χ1) is 8.15. The van der Waals surface area contributed by atoms with Crippen LogP contribution in [0.4, 0.5) is 0 Å². The summed E-state index contributed by atoms with van der Waals surface area (Å²) >= 11 is 0. The molecule has 4 nitrogen and oxygen atoms in total. The van der Waals surface area contributed by atoms with Crippen LogP contribution in [0.15, 0.2) is 0 Å². The number of carbonyl (C=O) groups is 2. The van der Waals surface area contributed by atoms with Crippen molar-refractivity contribution in [3.8, 4) is 12.3 Å². The second-order valence-electron chi connectivity index (χ2n) is 4.26. The fraction of sp³-hybridized carbons (Fsp3) is 0.692. The molecule has 0 aliphatic carbocycles. The lowest BCUT2D eigenvalue weighted by Gasteiger charge is -2.38. The van der Waals surface area contributed by atoms with E-state index in [9.17, 15) is 9.59 Å². The standard InChI is InChI=1S/C13H20N2O2/c1-4-7-9-15-11(6-3)12(16)14-10(8-5-2)13(15)17/h1,10-11H,5-9H2,2-3H3,(H,14,16). The van der Waals surface area contributed by atoms with Crippen LogP contribution in [0.25, 0.3) is 0 Å². The molecule has 0 aromatic rings. The van der Waals surface area contributed by atoms with E-state index in [4.69, 9.17) is 6.42 Å². The highest BCUT2D eigenvalue weighted by Gasteiger charge is 2.38. The first-order valence-electron chi connectivity index (χ1n) is 6.20. The second-order valence-corrected chi connectivity index (χ2v) is 4.26. The van der Waals surface area contributed by atoms with Crippen molar-refractivity contribution in [1.29, 1.82) is 0 Å². The predicted molar refractivity (Wildman–Crippen MR) is 66.1 cm³/mol. The summed E-state index contributed by atoms with van der Waals surface area (Å²) in [5.74, 6) is 2.47. The first kappa shape index (κ1) is 13.6. The molecular weight excluding hydrogens is 216 g/mol. The SMILES string of the molecule is C#CCCN1C(=O)C(CCC)NC(=O)C1CC. The molecular formula is C13H20N2O2. The van der Waals surface area contributed by atoms with Gasteiger partial charge < -0.3 is 10.2 Å². The molecule has 0 spiro atoms. The molecule has 1 aliphatic rings. The van der Waals surface area contributed by atoms with Crippen LogP contribution < -0.4 is 5.32 Å². The first-order valence-corrected chi connectivity index (χ1v) is 6.20. The molecule has 1 N–H and O–H groups in total. The monoisotopic (exact) mass is 236 g/mol. The Balaban J connectivity index is 2.81. The van der Waals surface area contributed by atoms with E-state index in [0.29, 0.717) is 25.8 Å². The zero-order valence-electron chi connectivity index (χ0n) is 10.5. The summed E-state index contributed by atoms with van der Waals surface area (Å²) in [4.78, 5) is 25.7. The van der Waals surface area contributed by atoms with Gasteiger partial charge in [0.2, 0.25) is 11.8 Å². The van der Waals surface area contributed by atoms with Gasteiger partial charge in [0.15, 0.2) is 0 Å². The number of carbonyl (C=O) groups excluding carboxylic acids is 2. The van der Waals surface area contributed by atoms with Crippen LogP contribution in [-0.2, 0) is 9.59 Å². The van der Waals surface area contributed by atoms with Crippen LogP contribution in [0.5, 0.6) is 0 Å². The summed E-state index contributed by atoms with van der Waals surface area (Å²) in [5.41, 5.74) is 0. The Labute approximate surface area is 103 Å². The van der Waals surface area contributed by atoms with Crippen LogP contribution in [0.2, 0.25) is 0 Å². The topological polar surface area (TPSA) is 49.4 Å². The van der Waals surface area contributed by atoms with Crippen molar-refractivity contribution in [2.24, 2.45) is 0 Å². The maximum atomic E-state index is 12.2. The molecule has 1 saturated heterocycles. The molecule has 0 saturated carbocycles. The largest absolute Gasteiger partial charge is 0.343 e. The highest BCUT2D eigenvalue weighted by molar-refractivity contribution is 5.96. The Morgan fingerprint density at radius 2 is 2.12 bits per heavy atom. The number of hydrogen-bond acceptors (Lipinski definition) is 2. The normalized spacial score (nSPS) is 24.4. The van der Waals surface area contributed by atoms with Gasteiger partial charge in [-0.15, -0.1) is 12.3 Å². The van der Waals surface area contributed by atoms with Gasteiger partial charge in [-0.2, -0.15) is 0 Å². The summed E-state index contributed by atoms with van der Waals surface area (Å²) in [5, 5.41) is 2.79. The average Bonchev–Trinajstić information content (AvgIpc) is 2.31. The third-order valence-corrected chi connectivity index (χ3v) is 3.04. The van der Waals surface area contributed by atoms with E-state index in [1.807, 2.05) is 13.8 Å². The van der Waals surface area contributed by atoms with E-state index in [-0.39, 0.29) is 23.9 Å². The minimum Gasteiger partial charge on any atom is -0.343 e. The van der Waals surface area contributed by atoms with Crippen LogP contribution in [0, 0.1) is 12.3 Å². The number of hydrogen-bond donors (Lipinski definition) is 1. The quantitative estimate of drug-likeness (QED) is 0.721. The summed E-state index contributed by atoms with van der Waals surface area (Å²) < 4.78 is 0. The Morgan fingerprint density at radius 3 is 2.65 bits per heavy atom. The zero-order chi connectivity index (χ0) is 12.8. The maximum Gasteiger partial charge on any atom is 0.245 e. The smallest absolute Gasteiger partial charge is 0.245 e. The molecule has 0 aromatic carbocycles. The van der Waals surface area contributed by atoms with Gasteiger partial charge in [-0.3, -0.25) is 9.59 Å². The van der Waals surface area contributed by atoms with Crippen LogP contribution in [0.1, 0.15) is 39.5 Å². The highest BCUT2D eigenvalue weighted by Crippen LogP contribution is 2.16. The number of nitrogens with zero attached hydrogens (tertiary/aromatic N) is 1. The van der Waals surface area contributed by atoms with Crippen molar-refractivity contribution in [2.45, 2.75) is 51.6 Å². The van der Waals surface area contributed by atoms with E-state index < -0.39 is 0 Å². The Morgan fingerprint density at radius 1 is 1.41 bits per heavy atom. The van der Waals surface area contributed by atoms with E-state index in [1.54, 1.807) is 4.90 Å². The van der Waals surface area contributed by atoms with E-state index in [2.05, 4.69) is 11.2 Å². The number of terminal acetylenes is 1. The molecule has 0 radical (unpaired) electrons. The third kappa shape index (κ3) is 3.00. The summed E-state index contributed by atoms with van der Waals surface area (Å²) in [6, 6.07) is -0.725. The van der Waals surface area contributed by atoms with Gasteiger partial charge in [0.25, 0.3) is 0 Å². The summed E-state index contributed by atoms with van der Waals surface area (Å²) in [7, 11) is 0. The average molecular weight is 236 g/mol. The fourth-order valence-electron chi connectivity index (χ4n) is 2.17. The molecule has 0 aromatic heterocycles. The third-order valence-electron chi connectivity index (χ3n) is 3.04. The Hall–Kier alpha value is -1.50. The lowest BCUT2D eigenvalue weighted by molar-refractivity contribution is -0.149. The van der Waals surface area contributed by atoms with Crippen LogP contribution >= 0.6 is 0 Å². The van der Waals surface area contributed by atoms with Crippen molar-refractivity contribution < 1.29 is 9.59 Å². The van der Waals surface area contributed by atoms with E-state index >= 15 is 0 Å². The Bertz CT molecular complexity index is 333. The zero-order valence-corrected chi connectivity index (χ0v) is 10.5. The molecule has 2 amide bonds. The van der Waals surface area contributed by atoms with Gasteiger partial charge in [0.05, 0.1) is 0 Å². The van der Waals surface area contributed by atoms with Gasteiger partial charge in [-0.05, 0) is 12.8 Å². The fourth-order valence-corrected chi connectivity index (χ4v) is 2.17. The minimum atomic E-state index is -0.368. The number of nitrogens with one attached hydrogen (secondary N) is 1. The molecule has 1 heterocycles. The van der Waals surface area contributed by atoms with Crippen LogP contribution in [0.3, 0.4) is 0 Å². The molecule has 1 fully saturated rings. The van der Waals surface area contributed by atoms with Crippen molar-refractivity contribution in [3.63, 3.8) is 0 Å². The van der Waals surface area contributed by atoms with Gasteiger partial charge >= 0.3 is 0 Å². The Kier molecular flexibility index (Phi) is 5.02. The molecule has 0 bridgehead atoms. The van der Waals surface area contributed by atoms with Gasteiger partial charge in [-0.1, -0.05) is 20.3 Å². The second kappa shape index (κ2) is 6.29. The summed E-state index contributed by atoms with van der Waals surface area (Å²) in [6.45, 7) is 4.37. The molecule has 1 rings (SSSR count). The van der Waals surface area contributed by atoms with Crippen molar-refractivity contribution in [2.75, 3.05) is 6.54 Å². The van der Waals surface area contributed by atoms with Crippen molar-refractivity contribution in [1.82, 2.24) is 10.2 Å². The highest BCUT2D eigenvalue weighted by atomic mass is 16.2. The molecule has 1 aliphatic heterocycles. The van der Waals surface area contributed by atoms with Gasteiger partial charge in [0, 0.05) is 13.0 Å². The molecule has 4 heteroatoms.